The Bertz CT molecular complexity index is 1030. The number of hydrogen-bond donors (Lipinski definition) is 3. The van der Waals surface area contributed by atoms with Gasteiger partial charge in [0.05, 0.1) is 30.1 Å². The van der Waals surface area contributed by atoms with E-state index in [1.165, 1.54) is 11.8 Å². The second-order valence-corrected chi connectivity index (χ2v) is 9.86. The molecule has 1 aromatic carbocycles. The molecule has 0 radical (unpaired) electrons. The largest absolute Gasteiger partial charge is 0.381 e. The number of aromatic nitrogens is 2. The van der Waals surface area contributed by atoms with Crippen molar-refractivity contribution < 1.29 is 9.53 Å². The average Bonchev–Trinajstić information content (AvgIpc) is 3.12. The number of halogens is 1. The molecule has 164 valence electrons. The average molecular weight is 461 g/mol. The van der Waals surface area contributed by atoms with Crippen LogP contribution in [0.15, 0.2) is 28.3 Å². The number of carbonyl (C=O) groups is 1. The van der Waals surface area contributed by atoms with Crippen LogP contribution in [-0.2, 0) is 16.0 Å². The lowest BCUT2D eigenvalue weighted by Gasteiger charge is -2.41. The predicted octanol–water partition coefficient (Wildman–Crippen LogP) is 2.69. The second-order valence-electron chi connectivity index (χ2n) is 8.45. The Balaban J connectivity index is 1.31. The van der Waals surface area contributed by atoms with Crippen LogP contribution in [-0.4, -0.2) is 48.2 Å². The Kier molecular flexibility index (Phi) is 5.45. The molecule has 2 fully saturated rings. The number of piperidine rings is 1. The molecular formula is C21H25ClN6O2S. The van der Waals surface area contributed by atoms with Crippen LogP contribution in [0.4, 0.5) is 17.3 Å². The van der Waals surface area contributed by atoms with E-state index in [1.807, 2.05) is 12.1 Å². The summed E-state index contributed by atoms with van der Waals surface area (Å²) in [5, 5.41) is 3.97. The third kappa shape index (κ3) is 3.84. The lowest BCUT2D eigenvalue weighted by atomic mass is 9.75. The number of nitrogen functional groups attached to an aromatic ring is 1. The molecule has 1 unspecified atom stereocenters. The predicted molar refractivity (Wildman–Crippen MR) is 122 cm³/mol. The summed E-state index contributed by atoms with van der Waals surface area (Å²) in [6, 6.07) is 4.04. The van der Waals surface area contributed by atoms with Crippen molar-refractivity contribution >= 4 is 46.6 Å². The van der Waals surface area contributed by atoms with Gasteiger partial charge in [-0.3, -0.25) is 4.79 Å². The summed E-state index contributed by atoms with van der Waals surface area (Å²) in [5.74, 6) is 1.11. The summed E-state index contributed by atoms with van der Waals surface area (Å²) < 4.78 is 5.60. The second kappa shape index (κ2) is 8.12. The van der Waals surface area contributed by atoms with Crippen LogP contribution in [0.5, 0.6) is 0 Å². The number of amides is 1. The molecular weight excluding hydrogens is 436 g/mol. The maximum absolute atomic E-state index is 11.8. The van der Waals surface area contributed by atoms with Gasteiger partial charge in [-0.1, -0.05) is 29.4 Å². The number of nitrogens with zero attached hydrogens (tertiary/aromatic N) is 3. The van der Waals surface area contributed by atoms with Crippen molar-refractivity contribution in [3.63, 3.8) is 0 Å². The van der Waals surface area contributed by atoms with Crippen LogP contribution < -0.4 is 21.7 Å². The monoisotopic (exact) mass is 460 g/mol. The van der Waals surface area contributed by atoms with Crippen LogP contribution >= 0.6 is 23.4 Å². The first-order valence-corrected chi connectivity index (χ1v) is 11.6. The SMILES string of the molecule is Nc1nc(N2CCC3(CC2)COCC3N)cnc1Sc1ccc2c(c1Cl)NC(=O)CC2. The van der Waals surface area contributed by atoms with E-state index >= 15 is 0 Å². The number of carbonyl (C=O) groups excluding carboxylic acids is 1. The molecule has 1 spiro atoms. The van der Waals surface area contributed by atoms with E-state index in [1.54, 1.807) is 6.20 Å². The Hall–Kier alpha value is -2.07. The molecule has 1 atom stereocenters. The van der Waals surface area contributed by atoms with Crippen molar-refractivity contribution in [2.24, 2.45) is 11.1 Å². The van der Waals surface area contributed by atoms with Crippen molar-refractivity contribution in [3.05, 3.63) is 28.9 Å². The fourth-order valence-corrected chi connectivity index (χ4v) is 5.70. The number of ether oxygens (including phenoxy) is 1. The number of anilines is 3. The Morgan fingerprint density at radius 3 is 2.81 bits per heavy atom. The molecule has 0 bridgehead atoms. The van der Waals surface area contributed by atoms with Crippen LogP contribution in [0.2, 0.25) is 5.02 Å². The molecule has 5 rings (SSSR count). The van der Waals surface area contributed by atoms with Crippen LogP contribution in [0, 0.1) is 5.41 Å². The van der Waals surface area contributed by atoms with Crippen LogP contribution in [0.3, 0.4) is 0 Å². The van der Waals surface area contributed by atoms with Gasteiger partial charge in [-0.15, -0.1) is 0 Å². The van der Waals surface area contributed by atoms with Crippen molar-refractivity contribution in [1.29, 1.82) is 0 Å². The number of hydrogen-bond acceptors (Lipinski definition) is 8. The minimum absolute atomic E-state index is 0.0198. The lowest BCUT2D eigenvalue weighted by Crippen LogP contribution is -2.49. The zero-order chi connectivity index (χ0) is 21.6. The van der Waals surface area contributed by atoms with E-state index in [0.29, 0.717) is 41.0 Å². The van der Waals surface area contributed by atoms with Gasteiger partial charge in [-0.25, -0.2) is 9.97 Å². The number of rotatable bonds is 3. The summed E-state index contributed by atoms with van der Waals surface area (Å²) in [4.78, 5) is 23.9. The van der Waals surface area contributed by atoms with Crippen molar-refractivity contribution in [2.75, 3.05) is 42.3 Å². The van der Waals surface area contributed by atoms with E-state index in [-0.39, 0.29) is 17.4 Å². The molecule has 1 aromatic heterocycles. The van der Waals surface area contributed by atoms with Gasteiger partial charge >= 0.3 is 0 Å². The molecule has 2 aromatic rings. The lowest BCUT2D eigenvalue weighted by molar-refractivity contribution is -0.116. The van der Waals surface area contributed by atoms with Crippen LogP contribution in [0.25, 0.3) is 0 Å². The molecule has 3 aliphatic rings. The van der Waals surface area contributed by atoms with E-state index in [9.17, 15) is 4.79 Å². The van der Waals surface area contributed by atoms with Crippen molar-refractivity contribution in [3.8, 4) is 0 Å². The zero-order valence-corrected chi connectivity index (χ0v) is 18.6. The minimum Gasteiger partial charge on any atom is -0.381 e. The molecule has 2 saturated heterocycles. The van der Waals surface area contributed by atoms with Gasteiger partial charge in [0.2, 0.25) is 5.91 Å². The molecule has 5 N–H and O–H groups in total. The van der Waals surface area contributed by atoms with Gasteiger partial charge in [0, 0.05) is 35.9 Å². The summed E-state index contributed by atoms with van der Waals surface area (Å²) in [6.45, 7) is 3.10. The first-order valence-electron chi connectivity index (χ1n) is 10.4. The summed E-state index contributed by atoms with van der Waals surface area (Å²) >= 11 is 7.92. The first-order chi connectivity index (χ1) is 14.9. The summed E-state index contributed by atoms with van der Waals surface area (Å²) in [5.41, 5.74) is 14.3. The maximum atomic E-state index is 11.8. The van der Waals surface area contributed by atoms with E-state index in [4.69, 9.17) is 27.8 Å². The highest BCUT2D eigenvalue weighted by Gasteiger charge is 2.44. The molecule has 8 nitrogen and oxygen atoms in total. The van der Waals surface area contributed by atoms with Crippen molar-refractivity contribution in [2.45, 2.75) is 41.6 Å². The molecule has 10 heteroatoms. The van der Waals surface area contributed by atoms with Gasteiger partial charge in [0.25, 0.3) is 0 Å². The molecule has 0 aliphatic carbocycles. The zero-order valence-electron chi connectivity index (χ0n) is 17.1. The van der Waals surface area contributed by atoms with Gasteiger partial charge in [-0.05, 0) is 30.9 Å². The van der Waals surface area contributed by atoms with Gasteiger partial charge < -0.3 is 26.4 Å². The third-order valence-corrected chi connectivity index (χ3v) is 8.17. The van der Waals surface area contributed by atoms with E-state index < -0.39 is 0 Å². The van der Waals surface area contributed by atoms with Gasteiger partial charge in [0.15, 0.2) is 5.82 Å². The summed E-state index contributed by atoms with van der Waals surface area (Å²) in [7, 11) is 0. The number of nitrogens with two attached hydrogens (primary N) is 2. The highest BCUT2D eigenvalue weighted by atomic mass is 35.5. The van der Waals surface area contributed by atoms with Crippen LogP contribution in [0.1, 0.15) is 24.8 Å². The normalized spacial score (nSPS) is 22.5. The number of nitrogens with one attached hydrogen (secondary N) is 1. The Morgan fingerprint density at radius 2 is 2.10 bits per heavy atom. The quantitative estimate of drug-likeness (QED) is 0.639. The Labute approximate surface area is 190 Å². The maximum Gasteiger partial charge on any atom is 0.224 e. The fraction of sp³-hybridized carbons (Fsp3) is 0.476. The van der Waals surface area contributed by atoms with Gasteiger partial charge in [0.1, 0.15) is 10.8 Å². The van der Waals surface area contributed by atoms with E-state index in [2.05, 4.69) is 20.2 Å². The first kappa shape index (κ1) is 20.8. The smallest absolute Gasteiger partial charge is 0.224 e. The number of fused-ring (bicyclic) bond motifs is 1. The van der Waals surface area contributed by atoms with Crippen molar-refractivity contribution in [1.82, 2.24) is 9.97 Å². The Morgan fingerprint density at radius 1 is 1.29 bits per heavy atom. The molecule has 0 saturated carbocycles. The highest BCUT2D eigenvalue weighted by molar-refractivity contribution is 7.99. The molecule has 3 aliphatic heterocycles. The summed E-state index contributed by atoms with van der Waals surface area (Å²) in [6.07, 6.45) is 4.88. The fourth-order valence-electron chi connectivity index (χ4n) is 4.56. The standard InChI is InChI=1S/C21H25ClN6O2S/c22-17-13(3-1-12-2-4-16(29)27-18(12)17)31-20-19(24)26-15(9-25-20)28-7-5-21(6-8-28)11-30-10-14(21)23/h1,3,9,14H,2,4-8,10-11,23H2,(H2,24,26)(H,27,29). The number of benzene rings is 1. The minimum atomic E-state index is -0.0198. The number of aryl methyl sites for hydroxylation is 1. The van der Waals surface area contributed by atoms with Gasteiger partial charge in [-0.2, -0.15) is 0 Å². The van der Waals surface area contributed by atoms with E-state index in [0.717, 1.165) is 48.8 Å². The molecule has 4 heterocycles. The highest BCUT2D eigenvalue weighted by Crippen LogP contribution is 2.42. The third-order valence-electron chi connectivity index (χ3n) is 6.59. The molecule has 1 amide bonds. The topological polar surface area (TPSA) is 119 Å². The molecule has 31 heavy (non-hydrogen) atoms.